The van der Waals surface area contributed by atoms with Crippen LogP contribution >= 0.6 is 0 Å². The summed E-state index contributed by atoms with van der Waals surface area (Å²) >= 11 is 0. The molecule has 49 heavy (non-hydrogen) atoms. The number of nitrogens with zero attached hydrogens (tertiary/aromatic N) is 5. The second-order valence-corrected chi connectivity index (χ2v) is 12.0. The number of carbonyl (C=O) groups is 3. The standard InChI is InChI=1S/C36H36FN7O5/c1-2-44-12-9-30(41-44)36(47)42-11-4-3-10-38-34(45)27-18-23(5-7-28(27)37)25-17-26-21-43(14-16-49-33(26)32(20-25)48-15-13-42)35(46)24-6-8-29-31(19-24)40-22-39-29/h5-9,12,17-20,22H,2-4,10-11,13-16,21H2,1H3,(H,38,45)(H,39,40). The van der Waals surface area contributed by atoms with Gasteiger partial charge in [0.15, 0.2) is 11.5 Å². The van der Waals surface area contributed by atoms with Crippen molar-refractivity contribution in [1.82, 2.24) is 34.9 Å². The predicted molar refractivity (Wildman–Crippen MR) is 179 cm³/mol. The molecule has 4 heterocycles. The molecule has 2 aliphatic heterocycles. The molecule has 2 N–H and O–H groups in total. The summed E-state index contributed by atoms with van der Waals surface area (Å²) in [6.45, 7) is 4.55. The minimum Gasteiger partial charge on any atom is -0.488 e. The maximum Gasteiger partial charge on any atom is 0.274 e. The summed E-state index contributed by atoms with van der Waals surface area (Å²) in [5.74, 6) is -0.633. The number of ether oxygens (including phenoxy) is 2. The van der Waals surface area contributed by atoms with E-state index in [1.54, 1.807) is 63.4 Å². The fourth-order valence-electron chi connectivity index (χ4n) is 6.18. The van der Waals surface area contributed by atoms with Crippen LogP contribution in [0.3, 0.4) is 0 Å². The van der Waals surface area contributed by atoms with Crippen molar-refractivity contribution in [2.24, 2.45) is 0 Å². The Balaban J connectivity index is 1.23. The highest BCUT2D eigenvalue weighted by Gasteiger charge is 2.26. The molecular formula is C36H36FN7O5. The molecule has 0 saturated heterocycles. The SMILES string of the molecule is CCn1ccc(C(=O)N2CCCCNC(=O)c3cc(ccc3F)-c3cc4c(c(c3)OCC2)OCCN(C(=O)c2ccc3nc[nH]c3c2)C4)n1. The van der Waals surface area contributed by atoms with E-state index >= 15 is 0 Å². The van der Waals surface area contributed by atoms with Gasteiger partial charge in [0, 0.05) is 43.5 Å². The smallest absolute Gasteiger partial charge is 0.274 e. The fraction of sp³-hybridized carbons (Fsp3) is 0.306. The first-order valence-corrected chi connectivity index (χ1v) is 16.4. The van der Waals surface area contributed by atoms with Gasteiger partial charge >= 0.3 is 0 Å². The zero-order valence-corrected chi connectivity index (χ0v) is 27.1. The second-order valence-electron chi connectivity index (χ2n) is 12.0. The normalized spacial score (nSPS) is 15.5. The van der Waals surface area contributed by atoms with Gasteiger partial charge in [-0.15, -0.1) is 0 Å². The number of hydrogen-bond acceptors (Lipinski definition) is 7. The number of imidazole rings is 1. The van der Waals surface area contributed by atoms with E-state index < -0.39 is 11.7 Å². The van der Waals surface area contributed by atoms with Crippen molar-refractivity contribution in [3.05, 3.63) is 95.3 Å². The Morgan fingerprint density at radius 3 is 2.63 bits per heavy atom. The number of amides is 3. The van der Waals surface area contributed by atoms with Crippen molar-refractivity contribution in [2.45, 2.75) is 32.9 Å². The summed E-state index contributed by atoms with van der Waals surface area (Å²) in [6.07, 6.45) is 4.55. The van der Waals surface area contributed by atoms with Crippen LogP contribution in [0.5, 0.6) is 11.5 Å². The molecule has 0 aliphatic carbocycles. The Morgan fingerprint density at radius 1 is 0.918 bits per heavy atom. The first-order valence-electron chi connectivity index (χ1n) is 16.4. The summed E-state index contributed by atoms with van der Waals surface area (Å²) in [4.78, 5) is 51.0. The first-order chi connectivity index (χ1) is 23.9. The summed E-state index contributed by atoms with van der Waals surface area (Å²) < 4.78 is 29.3. The molecule has 252 valence electrons. The lowest BCUT2D eigenvalue weighted by atomic mass is 9.99. The van der Waals surface area contributed by atoms with E-state index in [9.17, 15) is 18.8 Å². The van der Waals surface area contributed by atoms with Gasteiger partial charge in [0.1, 0.15) is 24.7 Å². The van der Waals surface area contributed by atoms with Gasteiger partial charge in [-0.1, -0.05) is 6.07 Å². The van der Waals surface area contributed by atoms with Gasteiger partial charge in [-0.05, 0) is 79.4 Å². The van der Waals surface area contributed by atoms with Crippen molar-refractivity contribution in [3.8, 4) is 22.6 Å². The van der Waals surface area contributed by atoms with Crippen LogP contribution in [-0.4, -0.2) is 86.7 Å². The molecule has 3 amide bonds. The van der Waals surface area contributed by atoms with Crippen LogP contribution in [0.2, 0.25) is 0 Å². The van der Waals surface area contributed by atoms with E-state index in [1.165, 1.54) is 12.1 Å². The summed E-state index contributed by atoms with van der Waals surface area (Å²) in [5, 5.41) is 7.21. The Labute approximate surface area is 281 Å². The van der Waals surface area contributed by atoms with Crippen LogP contribution in [0.4, 0.5) is 4.39 Å². The van der Waals surface area contributed by atoms with E-state index in [2.05, 4.69) is 20.4 Å². The molecule has 3 aromatic carbocycles. The maximum atomic E-state index is 14.9. The number of nitrogens with one attached hydrogen (secondary N) is 2. The van der Waals surface area contributed by atoms with Crippen molar-refractivity contribution >= 4 is 28.8 Å². The highest BCUT2D eigenvalue weighted by Crippen LogP contribution is 2.39. The molecule has 0 fully saturated rings. The van der Waals surface area contributed by atoms with Crippen LogP contribution in [0.15, 0.2) is 67.1 Å². The van der Waals surface area contributed by atoms with Crippen LogP contribution < -0.4 is 14.8 Å². The van der Waals surface area contributed by atoms with Gasteiger partial charge in [0.2, 0.25) is 0 Å². The molecule has 5 aromatic rings. The quantitative estimate of drug-likeness (QED) is 0.286. The zero-order chi connectivity index (χ0) is 33.9. The molecular weight excluding hydrogens is 629 g/mol. The van der Waals surface area contributed by atoms with Crippen molar-refractivity contribution in [3.63, 3.8) is 0 Å². The molecule has 0 atom stereocenters. The number of benzene rings is 3. The van der Waals surface area contributed by atoms with Crippen molar-refractivity contribution < 1.29 is 28.2 Å². The van der Waals surface area contributed by atoms with E-state index in [0.29, 0.717) is 78.5 Å². The number of rotatable bonds is 3. The largest absolute Gasteiger partial charge is 0.488 e. The van der Waals surface area contributed by atoms with E-state index in [1.807, 2.05) is 13.0 Å². The Hall–Kier alpha value is -5.72. The second kappa shape index (κ2) is 13.8. The third kappa shape index (κ3) is 6.69. The first kappa shape index (κ1) is 31.9. The van der Waals surface area contributed by atoms with Crippen LogP contribution in [0.1, 0.15) is 56.5 Å². The fourth-order valence-corrected chi connectivity index (χ4v) is 6.18. The van der Waals surface area contributed by atoms with Crippen LogP contribution in [0.25, 0.3) is 22.2 Å². The van der Waals surface area contributed by atoms with Crippen molar-refractivity contribution in [1.29, 1.82) is 0 Å². The molecule has 0 spiro atoms. The molecule has 7 rings (SSSR count). The molecule has 2 aromatic heterocycles. The number of aromatic amines is 1. The number of aryl methyl sites for hydroxylation is 1. The number of H-pyrrole nitrogens is 1. The van der Waals surface area contributed by atoms with Gasteiger partial charge in [-0.25, -0.2) is 9.37 Å². The summed E-state index contributed by atoms with van der Waals surface area (Å²) in [6, 6.07) is 15.1. The summed E-state index contributed by atoms with van der Waals surface area (Å²) in [7, 11) is 0. The van der Waals surface area contributed by atoms with Gasteiger partial charge in [-0.3, -0.25) is 19.1 Å². The molecule has 2 aliphatic rings. The molecule has 0 radical (unpaired) electrons. The number of carbonyl (C=O) groups excluding carboxylic acids is 3. The van der Waals surface area contributed by atoms with Gasteiger partial charge in [-0.2, -0.15) is 5.10 Å². The van der Waals surface area contributed by atoms with Gasteiger partial charge in [0.25, 0.3) is 17.7 Å². The molecule has 0 saturated carbocycles. The maximum absolute atomic E-state index is 14.9. The lowest BCUT2D eigenvalue weighted by Crippen LogP contribution is -2.36. The minimum absolute atomic E-state index is 0.0763. The van der Waals surface area contributed by atoms with Gasteiger partial charge < -0.3 is 29.6 Å². The Bertz CT molecular complexity index is 2040. The highest BCUT2D eigenvalue weighted by atomic mass is 19.1. The number of hydrogen-bond donors (Lipinski definition) is 2. The number of halogens is 1. The van der Waals surface area contributed by atoms with Crippen LogP contribution in [0, 0.1) is 5.82 Å². The van der Waals surface area contributed by atoms with E-state index in [4.69, 9.17) is 9.47 Å². The zero-order valence-electron chi connectivity index (χ0n) is 27.1. The Morgan fingerprint density at radius 2 is 1.78 bits per heavy atom. The third-order valence-corrected chi connectivity index (χ3v) is 8.83. The number of fused-ring (bicyclic) bond motifs is 8. The average Bonchev–Trinajstić information content (AvgIpc) is 3.74. The van der Waals surface area contributed by atoms with Crippen LogP contribution in [-0.2, 0) is 13.1 Å². The highest BCUT2D eigenvalue weighted by molar-refractivity contribution is 5.98. The molecule has 12 nitrogen and oxygen atoms in total. The van der Waals surface area contributed by atoms with E-state index in [-0.39, 0.29) is 43.7 Å². The van der Waals surface area contributed by atoms with Crippen molar-refractivity contribution in [2.75, 3.05) is 39.4 Å². The average molecular weight is 666 g/mol. The summed E-state index contributed by atoms with van der Waals surface area (Å²) in [5.41, 5.74) is 4.25. The van der Waals surface area contributed by atoms with E-state index in [0.717, 1.165) is 11.0 Å². The third-order valence-electron chi connectivity index (χ3n) is 8.83. The predicted octanol–water partition coefficient (Wildman–Crippen LogP) is 4.67. The lowest BCUT2D eigenvalue weighted by molar-refractivity contribution is 0.0713. The Kier molecular flexibility index (Phi) is 8.97. The number of aromatic nitrogens is 4. The molecule has 4 bridgehead atoms. The minimum atomic E-state index is -0.633. The molecule has 13 heteroatoms. The topological polar surface area (TPSA) is 135 Å². The lowest BCUT2D eigenvalue weighted by Gasteiger charge is -2.23. The monoisotopic (exact) mass is 665 g/mol. The molecule has 0 unspecified atom stereocenters. The van der Waals surface area contributed by atoms with Gasteiger partial charge in [0.05, 0.1) is 36.0 Å².